The van der Waals surface area contributed by atoms with Gasteiger partial charge in [-0.25, -0.2) is 0 Å². The molecule has 2 aromatic rings. The van der Waals surface area contributed by atoms with Crippen LogP contribution in [0.3, 0.4) is 0 Å². The summed E-state index contributed by atoms with van der Waals surface area (Å²) in [6.07, 6.45) is -1.02. The van der Waals surface area contributed by atoms with Gasteiger partial charge in [-0.15, -0.1) is 0 Å². The lowest BCUT2D eigenvalue weighted by Gasteiger charge is -2.29. The van der Waals surface area contributed by atoms with Crippen molar-refractivity contribution in [3.8, 4) is 34.5 Å². The van der Waals surface area contributed by atoms with E-state index >= 15 is 0 Å². The van der Waals surface area contributed by atoms with Crippen LogP contribution >= 0.6 is 0 Å². The highest BCUT2D eigenvalue weighted by Gasteiger charge is 2.44. The van der Waals surface area contributed by atoms with Gasteiger partial charge in [-0.2, -0.15) is 0 Å². The van der Waals surface area contributed by atoms with Crippen molar-refractivity contribution in [2.75, 3.05) is 54.9 Å². The Kier molecular flexibility index (Phi) is 9.26. The number of fused-ring (bicyclic) bond motifs is 2. The molecular formula is C32H32O14. The summed E-state index contributed by atoms with van der Waals surface area (Å²) >= 11 is 0. The smallest absolute Gasteiger partial charge is 0.306 e. The second-order valence-electron chi connectivity index (χ2n) is 10.3. The van der Waals surface area contributed by atoms with Gasteiger partial charge in [0.05, 0.1) is 52.4 Å². The number of allylic oxidation sites excluding steroid dienone is 2. The maximum Gasteiger partial charge on any atom is 0.306 e. The number of esters is 2. The minimum absolute atomic E-state index is 0.211. The fourth-order valence-electron chi connectivity index (χ4n) is 5.62. The number of aliphatic hydroxyl groups is 2. The van der Waals surface area contributed by atoms with E-state index in [0.29, 0.717) is 11.5 Å². The zero-order valence-corrected chi connectivity index (χ0v) is 25.5. The SMILES string of the molecule is COC(=O)C[C@@H](C1=C(O)C(=O)C([C@H](CC(=O)OC)c2cc(OC)c3c(c2)OCCO3)=C(O)C1=O)c1cc(OC)c2c(c1)OCCO2. The van der Waals surface area contributed by atoms with Gasteiger partial charge in [0.2, 0.25) is 23.1 Å². The molecule has 0 amide bonds. The number of hydrogen-bond acceptors (Lipinski definition) is 14. The molecular weight excluding hydrogens is 608 g/mol. The summed E-state index contributed by atoms with van der Waals surface area (Å²) < 4.78 is 43.2. The van der Waals surface area contributed by atoms with Gasteiger partial charge in [-0.3, -0.25) is 19.2 Å². The van der Waals surface area contributed by atoms with E-state index in [1.807, 2.05) is 0 Å². The monoisotopic (exact) mass is 640 g/mol. The molecule has 2 aromatic carbocycles. The number of benzene rings is 2. The number of ketones is 2. The summed E-state index contributed by atoms with van der Waals surface area (Å²) in [5, 5.41) is 22.8. The maximum absolute atomic E-state index is 14.0. The first-order valence-corrected chi connectivity index (χ1v) is 14.2. The van der Waals surface area contributed by atoms with Gasteiger partial charge in [0.1, 0.15) is 26.4 Å². The van der Waals surface area contributed by atoms with Crippen LogP contribution in [0.2, 0.25) is 0 Å². The van der Waals surface area contributed by atoms with Crippen molar-refractivity contribution in [1.29, 1.82) is 0 Å². The number of methoxy groups -OCH3 is 4. The minimum Gasteiger partial charge on any atom is -0.504 e. The third kappa shape index (κ3) is 5.85. The Bertz CT molecular complexity index is 1500. The van der Waals surface area contributed by atoms with Crippen LogP contribution in [0.1, 0.15) is 35.8 Å². The van der Waals surface area contributed by atoms with Gasteiger partial charge in [0.25, 0.3) is 0 Å². The van der Waals surface area contributed by atoms with E-state index in [2.05, 4.69) is 0 Å². The predicted molar refractivity (Wildman–Crippen MR) is 156 cm³/mol. The Balaban J connectivity index is 1.64. The number of ether oxygens (including phenoxy) is 8. The Morgan fingerprint density at radius 1 is 0.652 bits per heavy atom. The highest BCUT2D eigenvalue weighted by molar-refractivity contribution is 6.24. The first-order chi connectivity index (χ1) is 22.1. The second-order valence-corrected chi connectivity index (χ2v) is 10.3. The van der Waals surface area contributed by atoms with Crippen molar-refractivity contribution in [2.24, 2.45) is 0 Å². The lowest BCUT2D eigenvalue weighted by molar-refractivity contribution is -0.142. The zero-order valence-electron chi connectivity index (χ0n) is 25.5. The van der Waals surface area contributed by atoms with Gasteiger partial charge < -0.3 is 48.1 Å². The molecule has 0 fully saturated rings. The van der Waals surface area contributed by atoms with E-state index in [1.54, 1.807) is 0 Å². The largest absolute Gasteiger partial charge is 0.504 e. The number of rotatable bonds is 10. The Morgan fingerprint density at radius 3 is 1.37 bits per heavy atom. The van der Waals surface area contributed by atoms with E-state index in [9.17, 15) is 29.4 Å². The molecule has 0 bridgehead atoms. The van der Waals surface area contributed by atoms with E-state index in [0.717, 1.165) is 14.2 Å². The molecule has 244 valence electrons. The maximum atomic E-state index is 14.0. The summed E-state index contributed by atoms with van der Waals surface area (Å²) in [6, 6.07) is 5.91. The molecule has 1 aliphatic carbocycles. The fraction of sp³-hybridized carbons (Fsp3) is 0.375. The Hall–Kier alpha value is -5.40. The van der Waals surface area contributed by atoms with E-state index in [4.69, 9.17) is 37.9 Å². The summed E-state index contributed by atoms with van der Waals surface area (Å²) in [5.41, 5.74) is -0.667. The first kappa shape index (κ1) is 32.0. The minimum atomic E-state index is -1.30. The molecule has 3 aliphatic rings. The molecule has 14 heteroatoms. The molecule has 2 aliphatic heterocycles. The zero-order chi connectivity index (χ0) is 33.1. The van der Waals surface area contributed by atoms with Crippen molar-refractivity contribution in [3.05, 3.63) is 58.1 Å². The van der Waals surface area contributed by atoms with Crippen LogP contribution in [0.15, 0.2) is 46.9 Å². The van der Waals surface area contributed by atoms with Crippen molar-refractivity contribution < 1.29 is 67.3 Å². The summed E-state index contributed by atoms with van der Waals surface area (Å²) in [6.45, 7) is 0.949. The number of hydrogen-bond donors (Lipinski definition) is 2. The lowest BCUT2D eigenvalue weighted by Crippen LogP contribution is -2.31. The first-order valence-electron chi connectivity index (χ1n) is 14.2. The predicted octanol–water partition coefficient (Wildman–Crippen LogP) is 3.02. The molecule has 14 nitrogen and oxygen atoms in total. The summed E-state index contributed by atoms with van der Waals surface area (Å²) in [7, 11) is 5.04. The fourth-order valence-corrected chi connectivity index (χ4v) is 5.62. The lowest BCUT2D eigenvalue weighted by atomic mass is 9.75. The van der Waals surface area contributed by atoms with Gasteiger partial charge in [0.15, 0.2) is 34.5 Å². The van der Waals surface area contributed by atoms with Gasteiger partial charge in [-0.05, 0) is 35.4 Å². The highest BCUT2D eigenvalue weighted by atomic mass is 16.6. The molecule has 2 atom stereocenters. The van der Waals surface area contributed by atoms with Crippen LogP contribution in [0.25, 0.3) is 0 Å². The van der Waals surface area contributed by atoms with Crippen molar-refractivity contribution >= 4 is 23.5 Å². The van der Waals surface area contributed by atoms with Crippen LogP contribution < -0.4 is 28.4 Å². The molecule has 0 spiro atoms. The van der Waals surface area contributed by atoms with Crippen molar-refractivity contribution in [2.45, 2.75) is 24.7 Å². The number of carbonyl (C=O) groups is 4. The molecule has 0 saturated carbocycles. The Labute approximate surface area is 263 Å². The third-order valence-electron chi connectivity index (χ3n) is 7.83. The molecule has 0 saturated heterocycles. The number of aliphatic hydroxyl groups excluding tert-OH is 2. The quantitative estimate of drug-likeness (QED) is 0.285. The van der Waals surface area contributed by atoms with E-state index in [1.165, 1.54) is 38.5 Å². The molecule has 0 aromatic heterocycles. The second kappa shape index (κ2) is 13.3. The average Bonchev–Trinajstić information content (AvgIpc) is 3.08. The normalized spacial score (nSPS) is 16.9. The van der Waals surface area contributed by atoms with Crippen LogP contribution in [0, 0.1) is 0 Å². The highest BCUT2D eigenvalue weighted by Crippen LogP contribution is 2.48. The summed E-state index contributed by atoms with van der Waals surface area (Å²) in [4.78, 5) is 53.1. The Morgan fingerprint density at radius 2 is 1.02 bits per heavy atom. The van der Waals surface area contributed by atoms with E-state index in [-0.39, 0.29) is 60.6 Å². The number of carbonyl (C=O) groups excluding carboxylic acids is 4. The standard InChI is InChI=1S/C32H32O14/c1-39-19-9-15(11-21-31(19)45-7-5-43-21)17(13-23(33)41-3)25-27(35)29(37)26(30(38)28(25)36)18(14-24(34)42-4)16-10-20(40-2)32-22(12-16)44-6-8-46-32/h9-12,17-18,35,38H,5-8,13-14H2,1-4H3/t17-,18-/m1/s1. The van der Waals surface area contributed by atoms with Crippen molar-refractivity contribution in [3.63, 3.8) is 0 Å². The third-order valence-corrected chi connectivity index (χ3v) is 7.83. The topological polar surface area (TPSA) is 183 Å². The molecule has 0 unspecified atom stereocenters. The van der Waals surface area contributed by atoms with Crippen LogP contribution in [0.5, 0.6) is 34.5 Å². The van der Waals surface area contributed by atoms with Crippen LogP contribution in [-0.2, 0) is 28.7 Å². The molecule has 2 heterocycles. The van der Waals surface area contributed by atoms with Gasteiger partial charge in [-0.1, -0.05) is 0 Å². The van der Waals surface area contributed by atoms with Crippen molar-refractivity contribution in [1.82, 2.24) is 0 Å². The summed E-state index contributed by atoms with van der Waals surface area (Å²) in [5.74, 6) is -6.99. The molecule has 5 rings (SSSR count). The molecule has 2 N–H and O–H groups in total. The van der Waals surface area contributed by atoms with Gasteiger partial charge >= 0.3 is 11.9 Å². The number of Topliss-reactive ketones (excluding diaryl/α,β-unsaturated/α-hetero) is 2. The molecule has 46 heavy (non-hydrogen) atoms. The van der Waals surface area contributed by atoms with Gasteiger partial charge in [0, 0.05) is 11.8 Å². The van der Waals surface area contributed by atoms with Crippen LogP contribution in [0.4, 0.5) is 0 Å². The molecule has 0 radical (unpaired) electrons. The van der Waals surface area contributed by atoms with Crippen LogP contribution in [-0.4, -0.2) is 88.6 Å². The van der Waals surface area contributed by atoms with E-state index < -0.39 is 70.8 Å². The average molecular weight is 641 g/mol.